The molecule has 1 aromatic heterocycles. The summed E-state index contributed by atoms with van der Waals surface area (Å²) in [4.78, 5) is 34.3. The van der Waals surface area contributed by atoms with E-state index < -0.39 is 0 Å². The Morgan fingerprint density at radius 2 is 1.90 bits per heavy atom. The number of aromatic nitrogens is 2. The molecule has 2 unspecified atom stereocenters. The maximum atomic E-state index is 12.9. The van der Waals surface area contributed by atoms with Crippen molar-refractivity contribution in [2.75, 3.05) is 7.05 Å². The van der Waals surface area contributed by atoms with Gasteiger partial charge in [0.15, 0.2) is 0 Å². The summed E-state index contributed by atoms with van der Waals surface area (Å²) in [6, 6.07) is 15.8. The van der Waals surface area contributed by atoms with Crippen LogP contribution in [0.4, 0.5) is 0 Å². The molecule has 1 fully saturated rings. The molecule has 0 saturated heterocycles. The molecule has 6 nitrogen and oxygen atoms in total. The molecular formula is C23H26N4O2. The van der Waals surface area contributed by atoms with E-state index in [0.717, 1.165) is 41.7 Å². The van der Waals surface area contributed by atoms with Gasteiger partial charge in [-0.25, -0.2) is 4.98 Å². The highest BCUT2D eigenvalue weighted by atomic mass is 16.2. The number of hydrogen-bond donors (Lipinski definition) is 2. The Morgan fingerprint density at radius 3 is 2.62 bits per heavy atom. The van der Waals surface area contributed by atoms with E-state index in [-0.39, 0.29) is 23.9 Å². The molecule has 150 valence electrons. The molecule has 0 radical (unpaired) electrons. The van der Waals surface area contributed by atoms with Crippen molar-refractivity contribution in [2.45, 2.75) is 44.7 Å². The average Bonchev–Trinajstić information content (AvgIpc) is 3.39. The molecule has 1 saturated carbocycles. The number of benzene rings is 2. The molecule has 2 N–H and O–H groups in total. The fraction of sp³-hybridized carbons (Fsp3) is 0.348. The quantitative estimate of drug-likeness (QED) is 0.696. The van der Waals surface area contributed by atoms with Gasteiger partial charge in [-0.1, -0.05) is 31.2 Å². The molecule has 29 heavy (non-hydrogen) atoms. The minimum Gasteiger partial charge on any atom is -0.353 e. The molecule has 1 heterocycles. The van der Waals surface area contributed by atoms with Crippen molar-refractivity contribution in [1.29, 1.82) is 0 Å². The lowest BCUT2D eigenvalue weighted by Crippen LogP contribution is -2.38. The maximum absolute atomic E-state index is 12.9. The van der Waals surface area contributed by atoms with Crippen LogP contribution in [0.3, 0.4) is 0 Å². The van der Waals surface area contributed by atoms with Crippen molar-refractivity contribution in [2.24, 2.45) is 0 Å². The van der Waals surface area contributed by atoms with E-state index >= 15 is 0 Å². The number of nitrogens with zero attached hydrogens (tertiary/aromatic N) is 2. The van der Waals surface area contributed by atoms with Crippen molar-refractivity contribution in [3.05, 3.63) is 54.1 Å². The summed E-state index contributed by atoms with van der Waals surface area (Å²) < 4.78 is 0. The van der Waals surface area contributed by atoms with Crippen LogP contribution in [0, 0.1) is 0 Å². The standard InChI is InChI=1S/C23H26N4O2/c1-3-21(28)24-17-12-13-18(14-17)27(2)23(29)16-10-8-15(9-11-16)22-25-19-6-4-5-7-20(19)26-22/h4-11,17-18H,3,12-14H2,1-2H3,(H,24,28)(H,25,26). The molecule has 2 amide bonds. The summed E-state index contributed by atoms with van der Waals surface area (Å²) in [6.07, 6.45) is 3.13. The summed E-state index contributed by atoms with van der Waals surface area (Å²) in [5.41, 5.74) is 3.53. The van der Waals surface area contributed by atoms with Gasteiger partial charge in [0.1, 0.15) is 5.82 Å². The Balaban J connectivity index is 1.43. The third kappa shape index (κ3) is 4.01. The molecule has 4 rings (SSSR count). The average molecular weight is 390 g/mol. The fourth-order valence-corrected chi connectivity index (χ4v) is 4.00. The smallest absolute Gasteiger partial charge is 0.253 e. The Bertz CT molecular complexity index is 992. The van der Waals surface area contributed by atoms with E-state index in [9.17, 15) is 9.59 Å². The minimum atomic E-state index is 0.00799. The SMILES string of the molecule is CCC(=O)NC1CCC(N(C)C(=O)c2ccc(-c3nc4ccccc4[nH]3)cc2)C1. The number of fused-ring (bicyclic) bond motifs is 1. The zero-order valence-electron chi connectivity index (χ0n) is 16.8. The van der Waals surface area contributed by atoms with Gasteiger partial charge in [0.05, 0.1) is 11.0 Å². The Hall–Kier alpha value is -3.15. The van der Waals surface area contributed by atoms with Crippen LogP contribution in [0.2, 0.25) is 0 Å². The highest BCUT2D eigenvalue weighted by Crippen LogP contribution is 2.26. The number of amides is 2. The first kappa shape index (κ1) is 19.2. The lowest BCUT2D eigenvalue weighted by molar-refractivity contribution is -0.121. The van der Waals surface area contributed by atoms with Gasteiger partial charge in [-0.3, -0.25) is 9.59 Å². The van der Waals surface area contributed by atoms with E-state index in [1.807, 2.05) is 67.4 Å². The predicted molar refractivity (Wildman–Crippen MR) is 113 cm³/mol. The lowest BCUT2D eigenvalue weighted by atomic mass is 10.1. The first-order valence-electron chi connectivity index (χ1n) is 10.2. The number of para-hydroxylation sites is 2. The summed E-state index contributed by atoms with van der Waals surface area (Å²) in [5.74, 6) is 0.878. The summed E-state index contributed by atoms with van der Waals surface area (Å²) in [5, 5.41) is 3.04. The number of carbonyl (C=O) groups is 2. The van der Waals surface area contributed by atoms with E-state index in [1.54, 1.807) is 0 Å². The first-order chi connectivity index (χ1) is 14.0. The molecule has 0 aliphatic heterocycles. The van der Waals surface area contributed by atoms with Gasteiger partial charge in [0.2, 0.25) is 5.91 Å². The molecule has 2 atom stereocenters. The van der Waals surface area contributed by atoms with Crippen LogP contribution < -0.4 is 5.32 Å². The molecular weight excluding hydrogens is 364 g/mol. The zero-order chi connectivity index (χ0) is 20.4. The molecule has 2 aromatic carbocycles. The second-order valence-electron chi connectivity index (χ2n) is 7.68. The second-order valence-corrected chi connectivity index (χ2v) is 7.68. The normalized spacial score (nSPS) is 18.7. The van der Waals surface area contributed by atoms with E-state index in [1.165, 1.54) is 0 Å². The van der Waals surface area contributed by atoms with Gasteiger partial charge in [-0.15, -0.1) is 0 Å². The van der Waals surface area contributed by atoms with Crippen LogP contribution in [0.1, 0.15) is 43.0 Å². The van der Waals surface area contributed by atoms with Gasteiger partial charge in [-0.2, -0.15) is 0 Å². The number of rotatable bonds is 5. The highest BCUT2D eigenvalue weighted by molar-refractivity contribution is 5.94. The number of hydrogen-bond acceptors (Lipinski definition) is 3. The summed E-state index contributed by atoms with van der Waals surface area (Å²) in [6.45, 7) is 1.85. The van der Waals surface area contributed by atoms with Gasteiger partial charge >= 0.3 is 0 Å². The summed E-state index contributed by atoms with van der Waals surface area (Å²) >= 11 is 0. The van der Waals surface area contributed by atoms with E-state index in [0.29, 0.717) is 12.0 Å². The molecule has 1 aliphatic carbocycles. The van der Waals surface area contributed by atoms with Gasteiger partial charge in [0, 0.05) is 36.7 Å². The molecule has 1 aliphatic rings. The van der Waals surface area contributed by atoms with Crippen molar-refractivity contribution < 1.29 is 9.59 Å². The zero-order valence-corrected chi connectivity index (χ0v) is 16.8. The number of carbonyl (C=O) groups excluding carboxylic acids is 2. The Labute approximate surface area is 170 Å². The molecule has 0 bridgehead atoms. The number of imidazole rings is 1. The largest absolute Gasteiger partial charge is 0.353 e. The minimum absolute atomic E-state index is 0.00799. The maximum Gasteiger partial charge on any atom is 0.253 e. The van der Waals surface area contributed by atoms with Crippen LogP contribution in [0.5, 0.6) is 0 Å². The Kier molecular flexibility index (Phi) is 5.34. The monoisotopic (exact) mass is 390 g/mol. The van der Waals surface area contributed by atoms with Crippen molar-refractivity contribution in [3.8, 4) is 11.4 Å². The van der Waals surface area contributed by atoms with Gasteiger partial charge in [-0.05, 0) is 43.5 Å². The van der Waals surface area contributed by atoms with E-state index in [2.05, 4.69) is 15.3 Å². The third-order valence-electron chi connectivity index (χ3n) is 5.75. The third-order valence-corrected chi connectivity index (χ3v) is 5.75. The summed E-state index contributed by atoms with van der Waals surface area (Å²) in [7, 11) is 1.85. The van der Waals surface area contributed by atoms with Crippen LogP contribution in [-0.4, -0.2) is 45.8 Å². The highest BCUT2D eigenvalue weighted by Gasteiger charge is 2.30. The van der Waals surface area contributed by atoms with Crippen LogP contribution in [-0.2, 0) is 4.79 Å². The van der Waals surface area contributed by atoms with Crippen LogP contribution in [0.15, 0.2) is 48.5 Å². The van der Waals surface area contributed by atoms with Crippen molar-refractivity contribution >= 4 is 22.8 Å². The van der Waals surface area contributed by atoms with Crippen LogP contribution >= 0.6 is 0 Å². The first-order valence-corrected chi connectivity index (χ1v) is 10.2. The van der Waals surface area contributed by atoms with Gasteiger partial charge in [0.25, 0.3) is 5.91 Å². The molecule has 6 heteroatoms. The predicted octanol–water partition coefficient (Wildman–Crippen LogP) is 3.75. The Morgan fingerprint density at radius 1 is 1.14 bits per heavy atom. The molecule has 0 spiro atoms. The second kappa shape index (κ2) is 8.07. The lowest BCUT2D eigenvalue weighted by Gasteiger charge is -2.25. The number of nitrogens with one attached hydrogen (secondary N) is 2. The fourth-order valence-electron chi connectivity index (χ4n) is 4.00. The van der Waals surface area contributed by atoms with Crippen molar-refractivity contribution in [1.82, 2.24) is 20.2 Å². The van der Waals surface area contributed by atoms with Gasteiger partial charge < -0.3 is 15.2 Å². The van der Waals surface area contributed by atoms with Crippen LogP contribution in [0.25, 0.3) is 22.4 Å². The number of H-pyrrole nitrogens is 1. The number of aromatic amines is 1. The van der Waals surface area contributed by atoms with E-state index in [4.69, 9.17) is 0 Å². The molecule has 3 aromatic rings. The van der Waals surface area contributed by atoms with Crippen molar-refractivity contribution in [3.63, 3.8) is 0 Å². The topological polar surface area (TPSA) is 78.1 Å².